The van der Waals surface area contributed by atoms with Gasteiger partial charge in [-0.05, 0) is 0 Å². The van der Waals surface area contributed by atoms with Crippen LogP contribution in [0, 0.1) is 11.6 Å². The second-order valence-corrected chi connectivity index (χ2v) is 2.10. The molecule has 0 aromatic heterocycles. The van der Waals surface area contributed by atoms with Gasteiger partial charge in [0.05, 0.1) is 11.4 Å². The van der Waals surface area contributed by atoms with E-state index in [1.165, 1.54) is 7.05 Å². The fraction of sp³-hybridized carbons (Fsp3) is 0.143. The van der Waals surface area contributed by atoms with Gasteiger partial charge in [0.1, 0.15) is 11.6 Å². The third-order valence-electron chi connectivity index (χ3n) is 1.36. The second-order valence-electron chi connectivity index (χ2n) is 2.10. The van der Waals surface area contributed by atoms with E-state index >= 15 is 0 Å². The van der Waals surface area contributed by atoms with Gasteiger partial charge in [-0.25, -0.2) is 8.78 Å². The van der Waals surface area contributed by atoms with Crippen LogP contribution in [0.15, 0.2) is 12.1 Å². The number of anilines is 2. The Morgan fingerprint density at radius 1 is 1.27 bits per heavy atom. The molecule has 0 aliphatic heterocycles. The van der Waals surface area contributed by atoms with Crippen molar-refractivity contribution in [1.82, 2.24) is 0 Å². The van der Waals surface area contributed by atoms with Gasteiger partial charge < -0.3 is 11.1 Å². The van der Waals surface area contributed by atoms with Gasteiger partial charge in [-0.3, -0.25) is 0 Å². The van der Waals surface area contributed by atoms with Crippen LogP contribution in [0.3, 0.4) is 0 Å². The average molecular weight is 158 g/mol. The van der Waals surface area contributed by atoms with Crippen molar-refractivity contribution in [3.8, 4) is 0 Å². The minimum absolute atomic E-state index is 0.108. The molecule has 0 saturated heterocycles. The van der Waals surface area contributed by atoms with Gasteiger partial charge in [-0.1, -0.05) is 0 Å². The zero-order chi connectivity index (χ0) is 8.43. The zero-order valence-corrected chi connectivity index (χ0v) is 5.99. The summed E-state index contributed by atoms with van der Waals surface area (Å²) >= 11 is 0. The lowest BCUT2D eigenvalue weighted by molar-refractivity contribution is 0.607. The molecule has 0 heterocycles. The van der Waals surface area contributed by atoms with Gasteiger partial charge in [-0.2, -0.15) is 0 Å². The Kier molecular flexibility index (Phi) is 1.94. The molecule has 0 saturated carbocycles. The third kappa shape index (κ3) is 1.39. The van der Waals surface area contributed by atoms with Gasteiger partial charge in [0.2, 0.25) is 0 Å². The number of hydrogen-bond acceptors (Lipinski definition) is 2. The fourth-order valence-electron chi connectivity index (χ4n) is 0.754. The summed E-state index contributed by atoms with van der Waals surface area (Å²) in [6.45, 7) is 0. The van der Waals surface area contributed by atoms with Crippen molar-refractivity contribution in [2.75, 3.05) is 18.1 Å². The molecule has 0 unspecified atom stereocenters. The first kappa shape index (κ1) is 7.78. The normalized spacial score (nSPS) is 9.73. The summed E-state index contributed by atoms with van der Waals surface area (Å²) in [7, 11) is 1.51. The van der Waals surface area contributed by atoms with Gasteiger partial charge in [0.15, 0.2) is 0 Å². The Hall–Kier alpha value is -1.32. The van der Waals surface area contributed by atoms with Crippen LogP contribution in [0.1, 0.15) is 0 Å². The largest absolute Gasteiger partial charge is 0.396 e. The monoisotopic (exact) mass is 158 g/mol. The number of nitrogen functional groups attached to an aromatic ring is 1. The van der Waals surface area contributed by atoms with E-state index in [-0.39, 0.29) is 11.4 Å². The summed E-state index contributed by atoms with van der Waals surface area (Å²) in [5, 5.41) is 2.49. The standard InChI is InChI=1S/C7H8F2N2/c1-11-7-3-4(8)6(10)2-5(7)9/h2-3,11H,10H2,1H3. The minimum atomic E-state index is -0.615. The van der Waals surface area contributed by atoms with Gasteiger partial charge in [0, 0.05) is 19.2 Å². The summed E-state index contributed by atoms with van der Waals surface area (Å²) in [5.41, 5.74) is 5.03. The fourth-order valence-corrected chi connectivity index (χ4v) is 0.754. The first-order valence-corrected chi connectivity index (χ1v) is 3.07. The minimum Gasteiger partial charge on any atom is -0.396 e. The molecule has 0 bridgehead atoms. The van der Waals surface area contributed by atoms with Crippen molar-refractivity contribution >= 4 is 11.4 Å². The molecule has 1 aromatic rings. The molecule has 3 N–H and O–H groups in total. The summed E-state index contributed by atoms with van der Waals surface area (Å²) in [4.78, 5) is 0. The van der Waals surface area contributed by atoms with E-state index in [4.69, 9.17) is 5.73 Å². The van der Waals surface area contributed by atoms with E-state index in [2.05, 4.69) is 5.32 Å². The molecule has 0 aliphatic rings. The first-order valence-electron chi connectivity index (χ1n) is 3.07. The highest BCUT2D eigenvalue weighted by Crippen LogP contribution is 2.19. The summed E-state index contributed by atoms with van der Waals surface area (Å²) < 4.78 is 25.3. The van der Waals surface area contributed by atoms with Crippen molar-refractivity contribution < 1.29 is 8.78 Å². The Balaban J connectivity index is 3.21. The van der Waals surface area contributed by atoms with Crippen LogP contribution in [0.2, 0.25) is 0 Å². The molecule has 0 amide bonds. The third-order valence-corrected chi connectivity index (χ3v) is 1.36. The Morgan fingerprint density at radius 2 is 1.91 bits per heavy atom. The molecule has 0 spiro atoms. The van der Waals surface area contributed by atoms with Crippen molar-refractivity contribution in [3.05, 3.63) is 23.8 Å². The Morgan fingerprint density at radius 3 is 2.45 bits per heavy atom. The van der Waals surface area contributed by atoms with Crippen molar-refractivity contribution in [3.63, 3.8) is 0 Å². The summed E-state index contributed by atoms with van der Waals surface area (Å²) in [5.74, 6) is -1.16. The predicted octanol–water partition coefficient (Wildman–Crippen LogP) is 1.59. The smallest absolute Gasteiger partial charge is 0.148 e. The second kappa shape index (κ2) is 2.74. The van der Waals surface area contributed by atoms with Gasteiger partial charge in [0.25, 0.3) is 0 Å². The first-order chi connectivity index (χ1) is 5.15. The van der Waals surface area contributed by atoms with Crippen LogP contribution in [0.4, 0.5) is 20.2 Å². The van der Waals surface area contributed by atoms with Crippen molar-refractivity contribution in [1.29, 1.82) is 0 Å². The average Bonchev–Trinajstić information content (AvgIpc) is 1.97. The van der Waals surface area contributed by atoms with Crippen LogP contribution in [0.25, 0.3) is 0 Å². The summed E-state index contributed by atoms with van der Waals surface area (Å²) in [6.07, 6.45) is 0. The maximum Gasteiger partial charge on any atom is 0.148 e. The predicted molar refractivity (Wildman–Crippen MR) is 40.3 cm³/mol. The van der Waals surface area contributed by atoms with Crippen molar-refractivity contribution in [2.45, 2.75) is 0 Å². The molecule has 11 heavy (non-hydrogen) atoms. The van der Waals surface area contributed by atoms with Crippen LogP contribution in [-0.2, 0) is 0 Å². The number of nitrogens with two attached hydrogens (primary N) is 1. The van der Waals surface area contributed by atoms with E-state index in [1.54, 1.807) is 0 Å². The topological polar surface area (TPSA) is 38.0 Å². The van der Waals surface area contributed by atoms with Crippen LogP contribution in [0.5, 0.6) is 0 Å². The van der Waals surface area contributed by atoms with E-state index < -0.39 is 11.6 Å². The molecular weight excluding hydrogens is 150 g/mol. The Labute approximate surface area is 63.0 Å². The molecule has 60 valence electrons. The zero-order valence-electron chi connectivity index (χ0n) is 5.99. The highest BCUT2D eigenvalue weighted by atomic mass is 19.1. The number of rotatable bonds is 1. The van der Waals surface area contributed by atoms with Gasteiger partial charge >= 0.3 is 0 Å². The van der Waals surface area contributed by atoms with E-state index in [9.17, 15) is 8.78 Å². The number of hydrogen-bond donors (Lipinski definition) is 2. The number of nitrogens with one attached hydrogen (secondary N) is 1. The maximum absolute atomic E-state index is 12.7. The molecule has 1 aromatic carbocycles. The quantitative estimate of drug-likeness (QED) is 0.609. The van der Waals surface area contributed by atoms with Crippen LogP contribution in [-0.4, -0.2) is 7.05 Å². The molecule has 0 atom stereocenters. The highest BCUT2D eigenvalue weighted by Gasteiger charge is 2.04. The number of benzene rings is 1. The van der Waals surface area contributed by atoms with E-state index in [1.807, 2.05) is 0 Å². The highest BCUT2D eigenvalue weighted by molar-refractivity contribution is 5.53. The van der Waals surface area contributed by atoms with Crippen LogP contribution >= 0.6 is 0 Å². The number of halogens is 2. The molecular formula is C7H8F2N2. The molecule has 0 radical (unpaired) electrons. The SMILES string of the molecule is CNc1cc(F)c(N)cc1F. The lowest BCUT2D eigenvalue weighted by Gasteiger charge is -2.03. The summed E-state index contributed by atoms with van der Waals surface area (Å²) in [6, 6.07) is 1.96. The van der Waals surface area contributed by atoms with Crippen molar-refractivity contribution in [2.24, 2.45) is 0 Å². The van der Waals surface area contributed by atoms with Gasteiger partial charge in [-0.15, -0.1) is 0 Å². The lowest BCUT2D eigenvalue weighted by atomic mass is 10.2. The molecule has 4 heteroatoms. The van der Waals surface area contributed by atoms with E-state index in [0.717, 1.165) is 12.1 Å². The lowest BCUT2D eigenvalue weighted by Crippen LogP contribution is -1.97. The Bertz CT molecular complexity index is 273. The molecule has 0 fully saturated rings. The van der Waals surface area contributed by atoms with Crippen LogP contribution < -0.4 is 11.1 Å². The van der Waals surface area contributed by atoms with E-state index in [0.29, 0.717) is 0 Å². The molecule has 1 rings (SSSR count). The molecule has 2 nitrogen and oxygen atoms in total. The maximum atomic E-state index is 12.7. The molecule has 0 aliphatic carbocycles.